The highest BCUT2D eigenvalue weighted by Gasteiger charge is 2.41. The van der Waals surface area contributed by atoms with Crippen LogP contribution in [-0.2, 0) is 16.2 Å². The molecular weight excluding hydrogens is 376 g/mol. The number of halogens is 7. The van der Waals surface area contributed by atoms with Crippen LogP contribution in [0.2, 0.25) is 0 Å². The van der Waals surface area contributed by atoms with Gasteiger partial charge in [0.15, 0.2) is 5.69 Å². The van der Waals surface area contributed by atoms with E-state index in [1.165, 1.54) is 0 Å². The van der Waals surface area contributed by atoms with Crippen LogP contribution in [0.15, 0.2) is 6.07 Å². The van der Waals surface area contributed by atoms with Crippen molar-refractivity contribution >= 4 is 21.9 Å². The standard InChI is InChI=1S/C10H6BrF6NO3/c1-20-8(19)6-4(3-11)2-5(9(12,13)14)7(18-6)21-10(15,16)17/h2H,3H2,1H3. The highest BCUT2D eigenvalue weighted by molar-refractivity contribution is 9.08. The van der Waals surface area contributed by atoms with E-state index in [2.05, 4.69) is 30.4 Å². The molecule has 0 saturated carbocycles. The van der Waals surface area contributed by atoms with Gasteiger partial charge in [0.25, 0.3) is 0 Å². The Morgan fingerprint density at radius 1 is 1.29 bits per heavy atom. The predicted molar refractivity (Wildman–Crippen MR) is 59.9 cm³/mol. The van der Waals surface area contributed by atoms with Gasteiger partial charge in [0.1, 0.15) is 5.56 Å². The maximum absolute atomic E-state index is 12.7. The van der Waals surface area contributed by atoms with Gasteiger partial charge >= 0.3 is 18.5 Å². The first-order valence-corrected chi connectivity index (χ1v) is 6.13. The highest BCUT2D eigenvalue weighted by Crippen LogP contribution is 2.38. The van der Waals surface area contributed by atoms with Gasteiger partial charge in [-0.25, -0.2) is 9.78 Å². The summed E-state index contributed by atoms with van der Waals surface area (Å²) in [5, 5.41) is -0.250. The van der Waals surface area contributed by atoms with E-state index >= 15 is 0 Å². The van der Waals surface area contributed by atoms with Gasteiger partial charge in [0.05, 0.1) is 7.11 Å². The molecule has 1 rings (SSSR count). The van der Waals surface area contributed by atoms with E-state index in [1.807, 2.05) is 0 Å². The summed E-state index contributed by atoms with van der Waals surface area (Å²) in [6.07, 6.45) is -10.5. The third kappa shape index (κ3) is 4.48. The van der Waals surface area contributed by atoms with Crippen LogP contribution in [0.1, 0.15) is 21.6 Å². The van der Waals surface area contributed by atoms with Crippen molar-refractivity contribution in [2.45, 2.75) is 17.9 Å². The van der Waals surface area contributed by atoms with Gasteiger partial charge < -0.3 is 9.47 Å². The van der Waals surface area contributed by atoms with Crippen molar-refractivity contribution in [1.29, 1.82) is 0 Å². The molecule has 118 valence electrons. The quantitative estimate of drug-likeness (QED) is 0.455. The number of esters is 1. The second-order valence-electron chi connectivity index (χ2n) is 3.52. The summed E-state index contributed by atoms with van der Waals surface area (Å²) in [4.78, 5) is 14.3. The van der Waals surface area contributed by atoms with E-state index in [0.29, 0.717) is 6.07 Å². The maximum Gasteiger partial charge on any atom is 0.574 e. The van der Waals surface area contributed by atoms with Crippen molar-refractivity contribution in [2.75, 3.05) is 7.11 Å². The Bertz CT molecular complexity index is 543. The Hall–Kier alpha value is -1.52. The molecule has 0 unspecified atom stereocenters. The van der Waals surface area contributed by atoms with Gasteiger partial charge in [-0.05, 0) is 11.6 Å². The zero-order valence-corrected chi connectivity index (χ0v) is 11.7. The molecule has 0 atom stereocenters. The summed E-state index contributed by atoms with van der Waals surface area (Å²) in [7, 11) is 0.907. The van der Waals surface area contributed by atoms with Crippen LogP contribution >= 0.6 is 15.9 Å². The number of carbonyl (C=O) groups excluding carboxylic acids is 1. The maximum atomic E-state index is 12.7. The van der Waals surface area contributed by atoms with Gasteiger partial charge in [0, 0.05) is 5.33 Å². The third-order valence-corrected chi connectivity index (χ3v) is 2.71. The lowest BCUT2D eigenvalue weighted by atomic mass is 10.1. The number of pyridine rings is 1. The monoisotopic (exact) mass is 381 g/mol. The number of carbonyl (C=O) groups is 1. The number of aromatic nitrogens is 1. The highest BCUT2D eigenvalue weighted by atomic mass is 79.9. The second-order valence-corrected chi connectivity index (χ2v) is 4.08. The first-order chi connectivity index (χ1) is 9.49. The fraction of sp³-hybridized carbons (Fsp3) is 0.400. The zero-order valence-electron chi connectivity index (χ0n) is 10.1. The van der Waals surface area contributed by atoms with E-state index < -0.39 is 35.6 Å². The normalized spacial score (nSPS) is 12.2. The molecule has 4 nitrogen and oxygen atoms in total. The number of ether oxygens (including phenoxy) is 2. The van der Waals surface area contributed by atoms with Crippen LogP contribution in [0.25, 0.3) is 0 Å². The van der Waals surface area contributed by atoms with Crippen LogP contribution in [0.4, 0.5) is 26.3 Å². The molecule has 0 aliphatic heterocycles. The summed E-state index contributed by atoms with van der Waals surface area (Å²) in [5.74, 6) is -2.95. The van der Waals surface area contributed by atoms with E-state index in [-0.39, 0.29) is 10.9 Å². The van der Waals surface area contributed by atoms with E-state index in [0.717, 1.165) is 7.11 Å². The van der Waals surface area contributed by atoms with Crippen molar-refractivity contribution in [3.8, 4) is 5.88 Å². The molecule has 1 aromatic rings. The van der Waals surface area contributed by atoms with Gasteiger partial charge in [-0.1, -0.05) is 15.9 Å². The van der Waals surface area contributed by atoms with Crippen LogP contribution < -0.4 is 4.74 Å². The number of hydrogen-bond acceptors (Lipinski definition) is 4. The van der Waals surface area contributed by atoms with Crippen molar-refractivity contribution in [3.63, 3.8) is 0 Å². The molecule has 0 aliphatic rings. The number of hydrogen-bond donors (Lipinski definition) is 0. The molecule has 1 heterocycles. The average Bonchev–Trinajstić information content (AvgIpc) is 2.34. The zero-order chi connectivity index (χ0) is 16.4. The average molecular weight is 382 g/mol. The molecule has 0 aliphatic carbocycles. The van der Waals surface area contributed by atoms with E-state index in [1.54, 1.807) is 0 Å². The third-order valence-electron chi connectivity index (χ3n) is 2.11. The predicted octanol–water partition coefficient (Wildman–Crippen LogP) is 3.68. The van der Waals surface area contributed by atoms with Gasteiger partial charge in [0.2, 0.25) is 5.88 Å². The lowest BCUT2D eigenvalue weighted by Gasteiger charge is -2.16. The molecular formula is C10H6BrF6NO3. The van der Waals surface area contributed by atoms with Crippen LogP contribution in [0.3, 0.4) is 0 Å². The van der Waals surface area contributed by atoms with Crippen LogP contribution in [0.5, 0.6) is 5.88 Å². The summed E-state index contributed by atoms with van der Waals surface area (Å²) >= 11 is 2.81. The van der Waals surface area contributed by atoms with Crippen molar-refractivity contribution in [1.82, 2.24) is 4.98 Å². The number of nitrogens with zero attached hydrogens (tertiary/aromatic N) is 1. The van der Waals surface area contributed by atoms with Crippen molar-refractivity contribution in [2.24, 2.45) is 0 Å². The SMILES string of the molecule is COC(=O)c1nc(OC(F)(F)F)c(C(F)(F)F)cc1CBr. The Morgan fingerprint density at radius 2 is 1.86 bits per heavy atom. The second kappa shape index (κ2) is 6.08. The molecule has 0 bridgehead atoms. The van der Waals surface area contributed by atoms with E-state index in [4.69, 9.17) is 0 Å². The van der Waals surface area contributed by atoms with Crippen molar-refractivity contribution < 1.29 is 40.6 Å². The summed E-state index contributed by atoms with van der Waals surface area (Å²) in [5.41, 5.74) is -2.74. The molecule has 0 aromatic carbocycles. The number of rotatable bonds is 3. The number of methoxy groups -OCH3 is 1. The smallest absolute Gasteiger partial charge is 0.464 e. The first-order valence-electron chi connectivity index (χ1n) is 5.00. The summed E-state index contributed by atoms with van der Waals surface area (Å²) in [6, 6.07) is 0.342. The van der Waals surface area contributed by atoms with Crippen LogP contribution in [-0.4, -0.2) is 24.4 Å². The molecule has 0 spiro atoms. The molecule has 0 amide bonds. The minimum atomic E-state index is -5.39. The molecule has 0 N–H and O–H groups in total. The Labute approximate surface area is 122 Å². The van der Waals surface area contributed by atoms with Gasteiger partial charge in [-0.15, -0.1) is 13.2 Å². The Kier molecular flexibility index (Phi) is 5.07. The summed E-state index contributed by atoms with van der Waals surface area (Å²) < 4.78 is 82.2. The molecule has 1 aromatic heterocycles. The number of alkyl halides is 7. The largest absolute Gasteiger partial charge is 0.574 e. The lowest BCUT2D eigenvalue weighted by molar-refractivity contribution is -0.277. The molecule has 0 fully saturated rings. The minimum absolute atomic E-state index is 0.250. The topological polar surface area (TPSA) is 48.4 Å². The van der Waals surface area contributed by atoms with Gasteiger partial charge in [-0.2, -0.15) is 13.2 Å². The summed E-state index contributed by atoms with van der Waals surface area (Å²) in [6.45, 7) is 0. The fourth-order valence-corrected chi connectivity index (χ4v) is 1.73. The van der Waals surface area contributed by atoms with Crippen LogP contribution in [0, 0.1) is 0 Å². The Balaban J connectivity index is 3.53. The molecule has 21 heavy (non-hydrogen) atoms. The van der Waals surface area contributed by atoms with Gasteiger partial charge in [-0.3, -0.25) is 0 Å². The molecule has 11 heteroatoms. The molecule has 0 saturated heterocycles. The minimum Gasteiger partial charge on any atom is -0.464 e. The Morgan fingerprint density at radius 3 is 2.24 bits per heavy atom. The van der Waals surface area contributed by atoms with Crippen molar-refractivity contribution in [3.05, 3.63) is 22.9 Å². The first kappa shape index (κ1) is 17.5. The lowest BCUT2D eigenvalue weighted by Crippen LogP contribution is -2.23. The van der Waals surface area contributed by atoms with E-state index in [9.17, 15) is 31.1 Å². The fourth-order valence-electron chi connectivity index (χ4n) is 1.30. The molecule has 0 radical (unpaired) electrons.